The molecule has 0 bridgehead atoms. The van der Waals surface area contributed by atoms with Crippen LogP contribution in [-0.2, 0) is 19.1 Å². The Morgan fingerprint density at radius 2 is 0.487 bits per heavy atom. The number of carbonyl (C=O) groups excluding carboxylic acids is 2. The molecule has 0 aliphatic heterocycles. The highest BCUT2D eigenvalue weighted by molar-refractivity contribution is 5.69. The SMILES string of the molecule is CCCCCCCCC(CCCCCCCC)OC(=O)CCCCCCCN(CCCCCCCC)CC(O)CN(CCCCCCCC)CCCCCCCC(=O)OC(CCCCCCCC)CCCCCCCC. The maximum atomic E-state index is 13.0. The Hall–Kier alpha value is -1.18. The van der Waals surface area contributed by atoms with Gasteiger partial charge in [0.05, 0.1) is 6.10 Å². The minimum Gasteiger partial charge on any atom is -0.462 e. The van der Waals surface area contributed by atoms with Crippen molar-refractivity contribution in [1.29, 1.82) is 0 Å². The zero-order valence-electron chi connectivity index (χ0n) is 52.7. The summed E-state index contributed by atoms with van der Waals surface area (Å²) in [6.45, 7) is 19.5. The summed E-state index contributed by atoms with van der Waals surface area (Å²) in [5.41, 5.74) is 0. The fourth-order valence-corrected chi connectivity index (χ4v) is 11.4. The van der Waals surface area contributed by atoms with Crippen LogP contribution in [0.2, 0.25) is 0 Å². The summed E-state index contributed by atoms with van der Waals surface area (Å²) in [7, 11) is 0. The second-order valence-corrected chi connectivity index (χ2v) is 24.3. The van der Waals surface area contributed by atoms with Gasteiger partial charge in [-0.05, 0) is 116 Å². The number of hydrogen-bond acceptors (Lipinski definition) is 7. The highest BCUT2D eigenvalue weighted by Gasteiger charge is 2.18. The topological polar surface area (TPSA) is 79.3 Å². The smallest absolute Gasteiger partial charge is 0.306 e. The molecule has 0 spiro atoms. The van der Waals surface area contributed by atoms with E-state index < -0.39 is 0 Å². The van der Waals surface area contributed by atoms with Crippen molar-refractivity contribution in [2.75, 3.05) is 39.3 Å². The average molecular weight is 1080 g/mol. The Balaban J connectivity index is 5.08. The molecule has 454 valence electrons. The summed E-state index contributed by atoms with van der Waals surface area (Å²) >= 11 is 0. The van der Waals surface area contributed by atoms with Crippen LogP contribution in [0.3, 0.4) is 0 Å². The van der Waals surface area contributed by atoms with Gasteiger partial charge in [-0.25, -0.2) is 0 Å². The van der Waals surface area contributed by atoms with Crippen LogP contribution in [0.5, 0.6) is 0 Å². The third-order valence-corrected chi connectivity index (χ3v) is 16.4. The van der Waals surface area contributed by atoms with Gasteiger partial charge in [0.1, 0.15) is 12.2 Å². The van der Waals surface area contributed by atoms with Crippen LogP contribution in [0.25, 0.3) is 0 Å². The molecule has 1 N–H and O–H groups in total. The van der Waals surface area contributed by atoms with Crippen LogP contribution in [-0.4, -0.2) is 84.4 Å². The molecule has 0 unspecified atom stereocenters. The van der Waals surface area contributed by atoms with Gasteiger partial charge in [0.2, 0.25) is 0 Å². The first kappa shape index (κ1) is 74.8. The number of aliphatic hydroxyl groups is 1. The molecule has 0 rings (SSSR count). The number of nitrogens with zero attached hydrogens (tertiary/aromatic N) is 2. The molecule has 76 heavy (non-hydrogen) atoms. The Morgan fingerprint density at radius 1 is 0.289 bits per heavy atom. The van der Waals surface area contributed by atoms with Crippen molar-refractivity contribution in [2.24, 2.45) is 0 Å². The van der Waals surface area contributed by atoms with E-state index in [0.717, 1.165) is 116 Å². The van der Waals surface area contributed by atoms with Crippen molar-refractivity contribution in [1.82, 2.24) is 9.80 Å². The van der Waals surface area contributed by atoms with Crippen molar-refractivity contribution in [3.8, 4) is 0 Å². The highest BCUT2D eigenvalue weighted by Crippen LogP contribution is 2.21. The Morgan fingerprint density at radius 3 is 0.724 bits per heavy atom. The number of esters is 2. The van der Waals surface area contributed by atoms with Gasteiger partial charge in [-0.1, -0.05) is 273 Å². The summed E-state index contributed by atoms with van der Waals surface area (Å²) in [6, 6.07) is 0. The van der Waals surface area contributed by atoms with Crippen molar-refractivity contribution >= 4 is 11.9 Å². The number of aliphatic hydroxyl groups excluding tert-OH is 1. The van der Waals surface area contributed by atoms with Crippen LogP contribution in [0.4, 0.5) is 0 Å². The first-order valence-electron chi connectivity index (χ1n) is 34.8. The van der Waals surface area contributed by atoms with Crippen LogP contribution in [0.1, 0.15) is 375 Å². The van der Waals surface area contributed by atoms with E-state index in [1.165, 1.54) is 244 Å². The van der Waals surface area contributed by atoms with Gasteiger partial charge in [-0.3, -0.25) is 9.59 Å². The Labute approximate surface area is 476 Å². The van der Waals surface area contributed by atoms with Crippen molar-refractivity contribution < 1.29 is 24.2 Å². The fraction of sp³-hybridized carbons (Fsp3) is 0.971. The van der Waals surface area contributed by atoms with E-state index in [4.69, 9.17) is 9.47 Å². The van der Waals surface area contributed by atoms with E-state index in [9.17, 15) is 14.7 Å². The molecule has 0 aromatic rings. The minimum atomic E-state index is -0.339. The van der Waals surface area contributed by atoms with Gasteiger partial charge in [-0.15, -0.1) is 0 Å². The molecule has 0 aliphatic carbocycles. The predicted octanol–water partition coefficient (Wildman–Crippen LogP) is 21.2. The first-order valence-corrected chi connectivity index (χ1v) is 34.8. The van der Waals surface area contributed by atoms with Crippen LogP contribution in [0.15, 0.2) is 0 Å². The lowest BCUT2D eigenvalue weighted by Crippen LogP contribution is -2.41. The molecule has 0 saturated heterocycles. The monoisotopic (exact) mass is 1080 g/mol. The van der Waals surface area contributed by atoms with Crippen molar-refractivity contribution in [3.63, 3.8) is 0 Å². The number of ether oxygens (including phenoxy) is 2. The van der Waals surface area contributed by atoms with Crippen molar-refractivity contribution in [2.45, 2.75) is 394 Å². The first-order chi connectivity index (χ1) is 37.3. The van der Waals surface area contributed by atoms with E-state index in [0.29, 0.717) is 12.8 Å². The molecule has 0 saturated carbocycles. The molecule has 0 fully saturated rings. The van der Waals surface area contributed by atoms with Gasteiger partial charge in [-0.2, -0.15) is 0 Å². The zero-order valence-corrected chi connectivity index (χ0v) is 52.7. The standard InChI is InChI=1S/C69H138N2O5/c1-7-13-19-25-33-43-53-66(54-44-34-26-20-14-8-2)75-68(73)57-47-37-31-41-51-61-70(59-49-39-29-23-17-11-5)63-65(72)64-71(60-50-40-30-24-18-12-6)62-52-42-32-38-48-58-69(74)76-67(55-45-35-27-21-15-9-3)56-46-36-28-22-16-10-4/h65-67,72H,7-64H2,1-6H3. The van der Waals surface area contributed by atoms with Gasteiger partial charge in [0.25, 0.3) is 0 Å². The zero-order chi connectivity index (χ0) is 55.5. The summed E-state index contributed by atoms with van der Waals surface area (Å²) < 4.78 is 12.3. The van der Waals surface area contributed by atoms with Crippen LogP contribution in [0, 0.1) is 0 Å². The van der Waals surface area contributed by atoms with E-state index in [-0.39, 0.29) is 30.3 Å². The summed E-state index contributed by atoms with van der Waals surface area (Å²) in [4.78, 5) is 31.2. The van der Waals surface area contributed by atoms with Gasteiger partial charge < -0.3 is 24.4 Å². The molecule has 0 aromatic heterocycles. The maximum absolute atomic E-state index is 13.0. The fourth-order valence-electron chi connectivity index (χ4n) is 11.4. The molecule has 0 atom stereocenters. The van der Waals surface area contributed by atoms with E-state index in [1.54, 1.807) is 0 Å². The second-order valence-electron chi connectivity index (χ2n) is 24.3. The molecule has 0 heterocycles. The molecule has 0 aromatic carbocycles. The summed E-state index contributed by atoms with van der Waals surface area (Å²) in [5, 5.41) is 11.7. The summed E-state index contributed by atoms with van der Waals surface area (Å²) in [5.74, 6) is 0.0581. The lowest BCUT2D eigenvalue weighted by Gasteiger charge is -2.29. The Kier molecular flexibility index (Phi) is 60.5. The molecule has 7 heteroatoms. The van der Waals surface area contributed by atoms with Gasteiger partial charge in [0, 0.05) is 25.9 Å². The number of rotatable bonds is 64. The van der Waals surface area contributed by atoms with Crippen LogP contribution < -0.4 is 0 Å². The molecule has 7 nitrogen and oxygen atoms in total. The molecular weight excluding hydrogens is 937 g/mol. The highest BCUT2D eigenvalue weighted by atomic mass is 16.5. The third kappa shape index (κ3) is 54.8. The van der Waals surface area contributed by atoms with Gasteiger partial charge >= 0.3 is 11.9 Å². The quantitative estimate of drug-likeness (QED) is 0.0480. The largest absolute Gasteiger partial charge is 0.462 e. The maximum Gasteiger partial charge on any atom is 0.306 e. The predicted molar refractivity (Wildman–Crippen MR) is 333 cm³/mol. The van der Waals surface area contributed by atoms with E-state index in [2.05, 4.69) is 51.3 Å². The lowest BCUT2D eigenvalue weighted by atomic mass is 10.0. The Bertz CT molecular complexity index is 1030. The van der Waals surface area contributed by atoms with E-state index in [1.807, 2.05) is 0 Å². The second kappa shape index (κ2) is 61.4. The van der Waals surface area contributed by atoms with E-state index >= 15 is 0 Å². The number of hydrogen-bond donors (Lipinski definition) is 1. The third-order valence-electron chi connectivity index (χ3n) is 16.4. The minimum absolute atomic E-state index is 0.0290. The number of unbranched alkanes of at least 4 members (excludes halogenated alkanes) is 38. The van der Waals surface area contributed by atoms with Gasteiger partial charge in [0.15, 0.2) is 0 Å². The average Bonchev–Trinajstić information content (AvgIpc) is 3.41. The molecule has 0 amide bonds. The summed E-state index contributed by atoms with van der Waals surface area (Å²) in [6.07, 6.45) is 62.6. The van der Waals surface area contributed by atoms with Crippen LogP contribution >= 0.6 is 0 Å². The molecule has 0 radical (unpaired) electrons. The molecule has 0 aliphatic rings. The van der Waals surface area contributed by atoms with Crippen molar-refractivity contribution in [3.05, 3.63) is 0 Å². The lowest BCUT2D eigenvalue weighted by molar-refractivity contribution is -0.151. The normalized spacial score (nSPS) is 11.9. The number of carbonyl (C=O) groups is 2. The molecular formula is C69H138N2O5.